The summed E-state index contributed by atoms with van der Waals surface area (Å²) in [5.41, 5.74) is 2.40. The van der Waals surface area contributed by atoms with Crippen molar-refractivity contribution in [2.45, 2.75) is 31.1 Å². The molecule has 1 fully saturated rings. The molecule has 1 amide bonds. The monoisotopic (exact) mass is 442 g/mol. The van der Waals surface area contributed by atoms with Crippen LogP contribution in [0.5, 0.6) is 0 Å². The number of piperidine rings is 1. The van der Waals surface area contributed by atoms with Crippen molar-refractivity contribution in [3.8, 4) is 0 Å². The Kier molecular flexibility index (Phi) is 7.59. The molecule has 0 bridgehead atoms. The molecule has 0 saturated carbocycles. The molecular weight excluding hydrogens is 416 g/mol. The van der Waals surface area contributed by atoms with Crippen molar-refractivity contribution in [3.63, 3.8) is 0 Å². The number of sulfonamides is 1. The van der Waals surface area contributed by atoms with Crippen LogP contribution in [0.2, 0.25) is 0 Å². The molecule has 31 heavy (non-hydrogen) atoms. The maximum absolute atomic E-state index is 12.7. The summed E-state index contributed by atoms with van der Waals surface area (Å²) in [6.07, 6.45) is 5.65. The van der Waals surface area contributed by atoms with Crippen molar-refractivity contribution < 1.29 is 22.7 Å². The Bertz CT molecular complexity index is 1040. The molecule has 8 heteroatoms. The number of ether oxygens (including phenoxy) is 1. The first-order valence-electron chi connectivity index (χ1n) is 10.2. The van der Waals surface area contributed by atoms with Gasteiger partial charge >= 0.3 is 5.97 Å². The average molecular weight is 443 g/mol. The van der Waals surface area contributed by atoms with E-state index in [4.69, 9.17) is 4.74 Å². The zero-order valence-electron chi connectivity index (χ0n) is 17.4. The van der Waals surface area contributed by atoms with Gasteiger partial charge in [0.15, 0.2) is 6.61 Å². The van der Waals surface area contributed by atoms with Gasteiger partial charge in [0.05, 0.1) is 4.90 Å². The second-order valence-corrected chi connectivity index (χ2v) is 9.33. The van der Waals surface area contributed by atoms with E-state index in [1.54, 1.807) is 6.08 Å². The molecule has 0 spiro atoms. The van der Waals surface area contributed by atoms with Crippen LogP contribution in [-0.4, -0.2) is 44.3 Å². The Labute approximate surface area is 182 Å². The van der Waals surface area contributed by atoms with Crippen molar-refractivity contribution in [1.82, 2.24) is 4.31 Å². The van der Waals surface area contributed by atoms with Crippen molar-refractivity contribution in [2.24, 2.45) is 0 Å². The number of benzene rings is 2. The Hall–Kier alpha value is -2.97. The maximum Gasteiger partial charge on any atom is 0.331 e. The second kappa shape index (κ2) is 10.4. The topological polar surface area (TPSA) is 92.8 Å². The minimum Gasteiger partial charge on any atom is -0.452 e. The van der Waals surface area contributed by atoms with Crippen LogP contribution >= 0.6 is 0 Å². The summed E-state index contributed by atoms with van der Waals surface area (Å²) in [5, 5.41) is 2.59. The van der Waals surface area contributed by atoms with Gasteiger partial charge in [-0.1, -0.05) is 36.2 Å². The molecule has 0 aliphatic carbocycles. The van der Waals surface area contributed by atoms with Gasteiger partial charge < -0.3 is 10.1 Å². The summed E-state index contributed by atoms with van der Waals surface area (Å²) in [6.45, 7) is 2.60. The first-order chi connectivity index (χ1) is 14.8. The predicted octanol–water partition coefficient (Wildman–Crippen LogP) is 3.36. The van der Waals surface area contributed by atoms with Crippen LogP contribution in [0.4, 0.5) is 5.69 Å². The molecule has 0 aromatic heterocycles. The summed E-state index contributed by atoms with van der Waals surface area (Å²) in [6, 6.07) is 13.6. The number of anilines is 1. The van der Waals surface area contributed by atoms with E-state index < -0.39 is 28.5 Å². The highest BCUT2D eigenvalue weighted by molar-refractivity contribution is 7.89. The summed E-state index contributed by atoms with van der Waals surface area (Å²) in [5.74, 6) is -1.14. The SMILES string of the molecule is Cc1ccc(/C=C/C(=O)OCC(=O)Nc2ccc(S(=O)(=O)N3CCCCC3)cc2)cc1. The van der Waals surface area contributed by atoms with Gasteiger partial charge in [-0.05, 0) is 55.7 Å². The van der Waals surface area contributed by atoms with Gasteiger partial charge in [0.2, 0.25) is 10.0 Å². The number of rotatable bonds is 7. The number of aryl methyl sites for hydroxylation is 1. The lowest BCUT2D eigenvalue weighted by molar-refractivity contribution is -0.142. The fourth-order valence-electron chi connectivity index (χ4n) is 3.19. The molecule has 1 aliphatic heterocycles. The quantitative estimate of drug-likeness (QED) is 0.524. The number of esters is 1. The van der Waals surface area contributed by atoms with E-state index in [0.29, 0.717) is 18.8 Å². The molecule has 1 heterocycles. The second-order valence-electron chi connectivity index (χ2n) is 7.39. The number of nitrogens with one attached hydrogen (secondary N) is 1. The molecule has 1 N–H and O–H groups in total. The van der Waals surface area contributed by atoms with Crippen LogP contribution in [0.15, 0.2) is 59.5 Å². The zero-order valence-corrected chi connectivity index (χ0v) is 18.2. The third kappa shape index (κ3) is 6.50. The molecule has 164 valence electrons. The summed E-state index contributed by atoms with van der Waals surface area (Å²) < 4.78 is 31.7. The molecule has 0 radical (unpaired) electrons. The van der Waals surface area contributed by atoms with E-state index in [9.17, 15) is 18.0 Å². The first kappa shape index (κ1) is 22.7. The van der Waals surface area contributed by atoms with E-state index >= 15 is 0 Å². The maximum atomic E-state index is 12.7. The third-order valence-electron chi connectivity index (χ3n) is 4.93. The lowest BCUT2D eigenvalue weighted by Gasteiger charge is -2.25. The van der Waals surface area contributed by atoms with E-state index in [0.717, 1.165) is 30.4 Å². The minimum absolute atomic E-state index is 0.195. The number of hydrogen-bond donors (Lipinski definition) is 1. The van der Waals surface area contributed by atoms with E-state index in [2.05, 4.69) is 5.32 Å². The molecule has 7 nitrogen and oxygen atoms in total. The third-order valence-corrected chi connectivity index (χ3v) is 6.84. The number of carbonyl (C=O) groups is 2. The van der Waals surface area contributed by atoms with Gasteiger partial charge in [-0.15, -0.1) is 0 Å². The van der Waals surface area contributed by atoms with Gasteiger partial charge in [-0.2, -0.15) is 4.31 Å². The van der Waals surface area contributed by atoms with Crippen LogP contribution in [0.1, 0.15) is 30.4 Å². The fourth-order valence-corrected chi connectivity index (χ4v) is 4.71. The summed E-state index contributed by atoms with van der Waals surface area (Å²) >= 11 is 0. The molecule has 2 aromatic rings. The highest BCUT2D eigenvalue weighted by Gasteiger charge is 2.25. The predicted molar refractivity (Wildman–Crippen MR) is 119 cm³/mol. The van der Waals surface area contributed by atoms with Crippen LogP contribution in [-0.2, 0) is 24.3 Å². The Morgan fingerprint density at radius 3 is 2.29 bits per heavy atom. The molecular formula is C23H26N2O5S. The molecule has 2 aromatic carbocycles. The number of hydrogen-bond acceptors (Lipinski definition) is 5. The molecule has 0 atom stereocenters. The molecule has 1 saturated heterocycles. The summed E-state index contributed by atoms with van der Waals surface area (Å²) in [4.78, 5) is 24.0. The van der Waals surface area contributed by atoms with Gasteiger partial charge in [-0.25, -0.2) is 13.2 Å². The number of nitrogens with zero attached hydrogens (tertiary/aromatic N) is 1. The number of amides is 1. The van der Waals surface area contributed by atoms with Crippen LogP contribution in [0.25, 0.3) is 6.08 Å². The van der Waals surface area contributed by atoms with E-state index in [-0.39, 0.29) is 4.90 Å². The van der Waals surface area contributed by atoms with Crippen LogP contribution in [0, 0.1) is 6.92 Å². The Morgan fingerprint density at radius 2 is 1.65 bits per heavy atom. The minimum atomic E-state index is -3.52. The van der Waals surface area contributed by atoms with Crippen LogP contribution < -0.4 is 5.32 Å². The van der Waals surface area contributed by atoms with E-state index in [1.165, 1.54) is 34.6 Å². The smallest absolute Gasteiger partial charge is 0.331 e. The Morgan fingerprint density at radius 1 is 1.00 bits per heavy atom. The van der Waals surface area contributed by atoms with E-state index in [1.807, 2.05) is 31.2 Å². The van der Waals surface area contributed by atoms with Crippen LogP contribution in [0.3, 0.4) is 0 Å². The van der Waals surface area contributed by atoms with Gasteiger partial charge in [0.1, 0.15) is 0 Å². The lowest BCUT2D eigenvalue weighted by Crippen LogP contribution is -2.35. The molecule has 1 aliphatic rings. The highest BCUT2D eigenvalue weighted by Crippen LogP contribution is 2.22. The van der Waals surface area contributed by atoms with Gasteiger partial charge in [-0.3, -0.25) is 4.79 Å². The standard InChI is InChI=1S/C23H26N2O5S/c1-18-5-7-19(8-6-18)9-14-23(27)30-17-22(26)24-20-10-12-21(13-11-20)31(28,29)25-15-3-2-4-16-25/h5-14H,2-4,15-17H2,1H3,(H,24,26)/b14-9+. The normalized spacial score (nSPS) is 15.0. The first-order valence-corrected chi connectivity index (χ1v) is 11.6. The number of carbonyl (C=O) groups excluding carboxylic acids is 2. The fraction of sp³-hybridized carbons (Fsp3) is 0.304. The summed E-state index contributed by atoms with van der Waals surface area (Å²) in [7, 11) is -3.52. The van der Waals surface area contributed by atoms with Crippen molar-refractivity contribution in [3.05, 3.63) is 65.7 Å². The Balaban J connectivity index is 1.49. The zero-order chi connectivity index (χ0) is 22.3. The van der Waals surface area contributed by atoms with Crippen molar-refractivity contribution in [2.75, 3.05) is 25.0 Å². The van der Waals surface area contributed by atoms with Crippen molar-refractivity contribution >= 4 is 33.7 Å². The van der Waals surface area contributed by atoms with Gasteiger partial charge in [0, 0.05) is 24.9 Å². The van der Waals surface area contributed by atoms with Crippen molar-refractivity contribution in [1.29, 1.82) is 0 Å². The molecule has 0 unspecified atom stereocenters. The highest BCUT2D eigenvalue weighted by atomic mass is 32.2. The molecule has 3 rings (SSSR count). The average Bonchev–Trinajstić information content (AvgIpc) is 2.78. The van der Waals surface area contributed by atoms with Gasteiger partial charge in [0.25, 0.3) is 5.91 Å². The lowest BCUT2D eigenvalue weighted by atomic mass is 10.1. The largest absolute Gasteiger partial charge is 0.452 e.